The fourth-order valence-electron chi connectivity index (χ4n) is 1.63. The number of carboxylic acid groups (broad SMARTS) is 1. The van der Waals surface area contributed by atoms with Crippen LogP contribution in [0.2, 0.25) is 0 Å². The molecule has 2 heterocycles. The van der Waals surface area contributed by atoms with Crippen molar-refractivity contribution >= 4 is 28.8 Å². The van der Waals surface area contributed by atoms with Crippen LogP contribution in [-0.4, -0.2) is 32.6 Å². The largest absolute Gasteiger partial charge is 0.478 e. The Kier molecular flexibility index (Phi) is 4.45. The van der Waals surface area contributed by atoms with Gasteiger partial charge in [-0.1, -0.05) is 0 Å². The minimum atomic E-state index is -1.33. The van der Waals surface area contributed by atoms with E-state index in [9.17, 15) is 20.0 Å². The van der Waals surface area contributed by atoms with Gasteiger partial charge in [-0.25, -0.2) is 9.78 Å². The molecule has 0 amide bonds. The van der Waals surface area contributed by atoms with E-state index in [4.69, 9.17) is 5.11 Å². The van der Waals surface area contributed by atoms with Gasteiger partial charge in [0.15, 0.2) is 0 Å². The van der Waals surface area contributed by atoms with Crippen LogP contribution >= 0.6 is 11.3 Å². The van der Waals surface area contributed by atoms with Crippen molar-refractivity contribution in [1.29, 1.82) is 0 Å². The molecule has 0 aromatic carbocycles. The molecular weight excluding hydrogens is 298 g/mol. The fraction of sp³-hybridized carbons (Fsp3) is 0.167. The van der Waals surface area contributed by atoms with Crippen molar-refractivity contribution in [2.24, 2.45) is 0 Å². The number of aromatic carboxylic acids is 1. The summed E-state index contributed by atoms with van der Waals surface area (Å²) in [6.07, 6.45) is 0.140. The average molecular weight is 309 g/mol. The van der Waals surface area contributed by atoms with Crippen molar-refractivity contribution in [1.82, 2.24) is 4.98 Å². The Morgan fingerprint density at radius 2 is 2.33 bits per heavy atom. The van der Waals surface area contributed by atoms with Crippen LogP contribution < -0.4 is 5.32 Å². The van der Waals surface area contributed by atoms with Crippen LogP contribution in [0.3, 0.4) is 0 Å². The molecule has 3 N–H and O–H groups in total. The predicted molar refractivity (Wildman–Crippen MR) is 75.6 cm³/mol. The smallest absolute Gasteiger partial charge is 0.339 e. The average Bonchev–Trinajstić information content (AvgIpc) is 2.98. The Hall–Kier alpha value is -2.52. The van der Waals surface area contributed by atoms with E-state index in [-0.39, 0.29) is 17.9 Å². The van der Waals surface area contributed by atoms with Crippen molar-refractivity contribution in [3.05, 3.63) is 50.3 Å². The molecule has 0 aliphatic heterocycles. The van der Waals surface area contributed by atoms with Gasteiger partial charge < -0.3 is 15.5 Å². The first-order valence-corrected chi connectivity index (χ1v) is 6.75. The molecule has 0 fully saturated rings. The standard InChI is InChI=1S/C12H11N3O5S/c16-10(7-1-2-21-6-7)5-14-11-9(12(17)18)3-8(4-13-11)15(19)20/h1-4,6,10,16H,5H2,(H,13,14)(H,17,18). The SMILES string of the molecule is O=C(O)c1cc([N+](=O)[O-])cnc1NCC(O)c1ccsc1. The number of aromatic nitrogens is 1. The number of thiophene rings is 1. The lowest BCUT2D eigenvalue weighted by Gasteiger charge is -2.12. The number of carbonyl (C=O) groups is 1. The summed E-state index contributed by atoms with van der Waals surface area (Å²) in [4.78, 5) is 24.7. The first-order chi connectivity index (χ1) is 9.99. The van der Waals surface area contributed by atoms with Gasteiger partial charge in [0.1, 0.15) is 17.6 Å². The lowest BCUT2D eigenvalue weighted by molar-refractivity contribution is -0.385. The third-order valence-electron chi connectivity index (χ3n) is 2.71. The molecule has 2 aromatic heterocycles. The topological polar surface area (TPSA) is 126 Å². The summed E-state index contributed by atoms with van der Waals surface area (Å²) < 4.78 is 0. The molecule has 0 saturated heterocycles. The van der Waals surface area contributed by atoms with Crippen LogP contribution in [0.15, 0.2) is 29.1 Å². The molecule has 0 saturated carbocycles. The maximum atomic E-state index is 11.1. The molecule has 110 valence electrons. The Balaban J connectivity index is 2.16. The van der Waals surface area contributed by atoms with E-state index in [1.807, 2.05) is 5.38 Å². The second kappa shape index (κ2) is 6.29. The Morgan fingerprint density at radius 1 is 1.57 bits per heavy atom. The Morgan fingerprint density at radius 3 is 2.90 bits per heavy atom. The lowest BCUT2D eigenvalue weighted by atomic mass is 10.2. The van der Waals surface area contributed by atoms with Crippen molar-refractivity contribution in [3.8, 4) is 0 Å². The van der Waals surface area contributed by atoms with Crippen LogP contribution in [0.25, 0.3) is 0 Å². The number of nitro groups is 1. The van der Waals surface area contributed by atoms with Crippen LogP contribution in [0.1, 0.15) is 22.0 Å². The molecule has 0 spiro atoms. The molecule has 0 bridgehead atoms. The monoisotopic (exact) mass is 309 g/mol. The fourth-order valence-corrected chi connectivity index (χ4v) is 2.34. The lowest BCUT2D eigenvalue weighted by Crippen LogP contribution is -2.15. The molecule has 0 aliphatic rings. The highest BCUT2D eigenvalue weighted by Crippen LogP contribution is 2.21. The van der Waals surface area contributed by atoms with Gasteiger partial charge in [-0.2, -0.15) is 11.3 Å². The van der Waals surface area contributed by atoms with Gasteiger partial charge >= 0.3 is 5.97 Å². The van der Waals surface area contributed by atoms with Crippen molar-refractivity contribution < 1.29 is 19.9 Å². The number of anilines is 1. The zero-order valence-electron chi connectivity index (χ0n) is 10.6. The van der Waals surface area contributed by atoms with E-state index < -0.39 is 22.7 Å². The molecule has 9 heteroatoms. The van der Waals surface area contributed by atoms with Gasteiger partial charge in [0.05, 0.1) is 11.0 Å². The zero-order valence-corrected chi connectivity index (χ0v) is 11.4. The van der Waals surface area contributed by atoms with Crippen molar-refractivity contribution in [3.63, 3.8) is 0 Å². The van der Waals surface area contributed by atoms with Crippen molar-refractivity contribution in [2.45, 2.75) is 6.10 Å². The van der Waals surface area contributed by atoms with Crippen molar-refractivity contribution in [2.75, 3.05) is 11.9 Å². The van der Waals surface area contributed by atoms with E-state index >= 15 is 0 Å². The first kappa shape index (κ1) is 14.9. The molecule has 8 nitrogen and oxygen atoms in total. The summed E-state index contributed by atoms with van der Waals surface area (Å²) in [5, 5.41) is 35.9. The number of hydrogen-bond donors (Lipinski definition) is 3. The number of hydrogen-bond acceptors (Lipinski definition) is 7. The van der Waals surface area contributed by atoms with Gasteiger partial charge in [-0.3, -0.25) is 10.1 Å². The summed E-state index contributed by atoms with van der Waals surface area (Å²) in [5.74, 6) is -1.36. The first-order valence-electron chi connectivity index (χ1n) is 5.81. The van der Waals surface area contributed by atoms with E-state index in [0.717, 1.165) is 12.3 Å². The molecular formula is C12H11N3O5S. The number of aliphatic hydroxyl groups excluding tert-OH is 1. The highest BCUT2D eigenvalue weighted by Gasteiger charge is 2.18. The van der Waals surface area contributed by atoms with Crippen LogP contribution in [0.5, 0.6) is 0 Å². The number of nitrogens with zero attached hydrogens (tertiary/aromatic N) is 2. The number of aliphatic hydroxyl groups is 1. The van der Waals surface area contributed by atoms with E-state index in [0.29, 0.717) is 5.56 Å². The summed E-state index contributed by atoms with van der Waals surface area (Å²) in [5.41, 5.74) is -0.0238. The molecule has 1 atom stereocenters. The zero-order chi connectivity index (χ0) is 15.4. The molecule has 21 heavy (non-hydrogen) atoms. The molecule has 2 rings (SSSR count). The molecule has 2 aromatic rings. The minimum absolute atomic E-state index is 0.0256. The maximum Gasteiger partial charge on any atom is 0.339 e. The predicted octanol–water partition coefficient (Wildman–Crippen LogP) is 1.89. The van der Waals surface area contributed by atoms with E-state index in [1.165, 1.54) is 11.3 Å². The van der Waals surface area contributed by atoms with Crippen LogP contribution in [-0.2, 0) is 0 Å². The summed E-state index contributed by atoms with van der Waals surface area (Å²) in [7, 11) is 0. The molecule has 0 radical (unpaired) electrons. The number of carboxylic acids is 1. The quantitative estimate of drug-likeness (QED) is 0.549. The van der Waals surface area contributed by atoms with Crippen LogP contribution in [0, 0.1) is 10.1 Å². The van der Waals surface area contributed by atoms with E-state index in [1.54, 1.807) is 11.4 Å². The highest BCUT2D eigenvalue weighted by atomic mass is 32.1. The highest BCUT2D eigenvalue weighted by molar-refractivity contribution is 7.07. The molecule has 1 unspecified atom stereocenters. The van der Waals surface area contributed by atoms with Gasteiger partial charge in [-0.05, 0) is 22.4 Å². The Labute approximate surface area is 122 Å². The summed E-state index contributed by atoms with van der Waals surface area (Å²) in [6.45, 7) is 0.0435. The van der Waals surface area contributed by atoms with E-state index in [2.05, 4.69) is 10.3 Å². The summed E-state index contributed by atoms with van der Waals surface area (Å²) in [6, 6.07) is 2.67. The molecule has 0 aliphatic carbocycles. The number of nitrogens with one attached hydrogen (secondary N) is 1. The Bertz CT molecular complexity index is 659. The minimum Gasteiger partial charge on any atom is -0.478 e. The second-order valence-corrected chi connectivity index (χ2v) is 4.89. The summed E-state index contributed by atoms with van der Waals surface area (Å²) >= 11 is 1.43. The number of rotatable bonds is 6. The van der Waals surface area contributed by atoms with Gasteiger partial charge in [0.2, 0.25) is 0 Å². The van der Waals surface area contributed by atoms with Gasteiger partial charge in [0.25, 0.3) is 5.69 Å². The third-order valence-corrected chi connectivity index (χ3v) is 3.41. The normalized spacial score (nSPS) is 11.9. The third kappa shape index (κ3) is 3.52. The van der Waals surface area contributed by atoms with Crippen LogP contribution in [0.4, 0.5) is 11.5 Å². The number of pyridine rings is 1. The van der Waals surface area contributed by atoms with Gasteiger partial charge in [0, 0.05) is 12.6 Å². The van der Waals surface area contributed by atoms with Gasteiger partial charge in [-0.15, -0.1) is 0 Å². The maximum absolute atomic E-state index is 11.1. The second-order valence-electron chi connectivity index (χ2n) is 4.11.